The first kappa shape index (κ1) is 24.4. The van der Waals surface area contributed by atoms with Gasteiger partial charge in [0.05, 0.1) is 25.0 Å². The molecule has 0 amide bonds. The minimum atomic E-state index is -3.29. The van der Waals surface area contributed by atoms with Gasteiger partial charge in [0, 0.05) is 52.5 Å². The van der Waals surface area contributed by atoms with Crippen molar-refractivity contribution in [1.82, 2.24) is 14.5 Å². The fraction of sp³-hybridized carbons (Fsp3) is 0.667. The number of benzene rings is 1. The Balaban J connectivity index is 1.93. The molecule has 8 nitrogen and oxygen atoms in total. The Labute approximate surface area is 181 Å². The normalized spacial score (nSPS) is 16.2. The number of hydrogen-bond acceptors (Lipinski definition) is 5. The van der Waals surface area contributed by atoms with Crippen molar-refractivity contribution in [1.29, 1.82) is 0 Å². The van der Waals surface area contributed by atoms with Crippen LogP contribution in [0.15, 0.2) is 29.3 Å². The molecule has 30 heavy (non-hydrogen) atoms. The van der Waals surface area contributed by atoms with Crippen molar-refractivity contribution in [2.24, 2.45) is 4.99 Å². The molecule has 0 saturated carbocycles. The lowest BCUT2D eigenvalue weighted by molar-refractivity contribution is 0.0904. The van der Waals surface area contributed by atoms with Crippen LogP contribution in [0, 0.1) is 0 Å². The Morgan fingerprint density at radius 1 is 1.17 bits per heavy atom. The maximum Gasteiger partial charge on any atom is 0.216 e. The Kier molecular flexibility index (Phi) is 9.38. The minimum Gasteiger partial charge on any atom is -0.378 e. The van der Waals surface area contributed by atoms with Gasteiger partial charge in [-0.05, 0) is 38.5 Å². The highest BCUT2D eigenvalue weighted by Crippen LogP contribution is 2.14. The summed E-state index contributed by atoms with van der Waals surface area (Å²) in [6.45, 7) is 9.61. The van der Waals surface area contributed by atoms with Gasteiger partial charge in [0.15, 0.2) is 5.96 Å². The van der Waals surface area contributed by atoms with Crippen LogP contribution < -0.4 is 10.2 Å². The molecule has 1 aromatic rings. The van der Waals surface area contributed by atoms with Crippen LogP contribution in [0.2, 0.25) is 0 Å². The van der Waals surface area contributed by atoms with Gasteiger partial charge in [-0.3, -0.25) is 0 Å². The number of ether oxygens (including phenoxy) is 1. The molecule has 0 radical (unpaired) electrons. The van der Waals surface area contributed by atoms with E-state index in [0.717, 1.165) is 23.8 Å². The van der Waals surface area contributed by atoms with Gasteiger partial charge in [0.1, 0.15) is 0 Å². The summed E-state index contributed by atoms with van der Waals surface area (Å²) in [6.07, 6.45) is 0.0371. The molecule has 0 aromatic heterocycles. The highest BCUT2D eigenvalue weighted by Gasteiger charge is 2.28. The molecule has 2 rings (SSSR count). The van der Waals surface area contributed by atoms with E-state index in [1.807, 2.05) is 34.9 Å². The number of rotatable bonds is 9. The molecule has 1 aromatic carbocycles. The number of nitrogens with one attached hydrogen (secondary N) is 1. The summed E-state index contributed by atoms with van der Waals surface area (Å²) in [5.41, 5.74) is 2.30. The third-order valence-electron chi connectivity index (χ3n) is 4.92. The number of sulfonamides is 1. The molecule has 170 valence electrons. The average molecular weight is 440 g/mol. The van der Waals surface area contributed by atoms with Gasteiger partial charge in [0.25, 0.3) is 0 Å². The van der Waals surface area contributed by atoms with Gasteiger partial charge in [-0.25, -0.2) is 13.4 Å². The summed E-state index contributed by atoms with van der Waals surface area (Å²) in [4.78, 5) is 8.97. The molecule has 0 aliphatic carbocycles. The van der Waals surface area contributed by atoms with Crippen LogP contribution >= 0.6 is 0 Å². The van der Waals surface area contributed by atoms with Crippen molar-refractivity contribution >= 4 is 21.7 Å². The van der Waals surface area contributed by atoms with E-state index < -0.39 is 10.0 Å². The van der Waals surface area contributed by atoms with Crippen LogP contribution in [0.3, 0.4) is 0 Å². The zero-order valence-corrected chi connectivity index (χ0v) is 19.8. The van der Waals surface area contributed by atoms with Crippen LogP contribution in [-0.4, -0.2) is 88.9 Å². The van der Waals surface area contributed by atoms with Gasteiger partial charge in [-0.1, -0.05) is 12.1 Å². The van der Waals surface area contributed by atoms with Crippen molar-refractivity contribution < 1.29 is 13.2 Å². The second-order valence-corrected chi connectivity index (χ2v) is 9.94. The van der Waals surface area contributed by atoms with E-state index in [1.54, 1.807) is 4.31 Å². The van der Waals surface area contributed by atoms with Gasteiger partial charge in [-0.15, -0.1) is 0 Å². The van der Waals surface area contributed by atoms with Gasteiger partial charge >= 0.3 is 0 Å². The molecule has 1 saturated heterocycles. The van der Waals surface area contributed by atoms with Gasteiger partial charge in [-0.2, -0.15) is 4.31 Å². The zero-order valence-electron chi connectivity index (χ0n) is 19.0. The lowest BCUT2D eigenvalue weighted by Crippen LogP contribution is -2.54. The van der Waals surface area contributed by atoms with Crippen molar-refractivity contribution in [3.05, 3.63) is 29.8 Å². The fourth-order valence-corrected chi connectivity index (χ4v) is 4.47. The third kappa shape index (κ3) is 7.45. The standard InChI is InChI=1S/C21H37N5O3S/c1-6-22-21(23-17-19-7-9-20(10-8-19)24(4)5)25-11-13-26(14-12-25)30(27,28)16-15-29-18(2)3/h7-10,18H,6,11-17H2,1-5H3,(H,22,23). The minimum absolute atomic E-state index is 0.0300. The first-order valence-corrected chi connectivity index (χ1v) is 12.2. The average Bonchev–Trinajstić information content (AvgIpc) is 2.71. The Bertz CT molecular complexity index is 770. The molecular weight excluding hydrogens is 402 g/mol. The van der Waals surface area contributed by atoms with E-state index in [4.69, 9.17) is 9.73 Å². The topological polar surface area (TPSA) is 77.5 Å². The Morgan fingerprint density at radius 3 is 2.33 bits per heavy atom. The van der Waals surface area contributed by atoms with Gasteiger partial charge < -0.3 is 19.9 Å². The summed E-state index contributed by atoms with van der Waals surface area (Å²) < 4.78 is 32.0. The third-order valence-corrected chi connectivity index (χ3v) is 6.76. The lowest BCUT2D eigenvalue weighted by atomic mass is 10.2. The smallest absolute Gasteiger partial charge is 0.216 e. The summed E-state index contributed by atoms with van der Waals surface area (Å²) >= 11 is 0. The second kappa shape index (κ2) is 11.5. The molecule has 1 heterocycles. The predicted octanol–water partition coefficient (Wildman–Crippen LogP) is 1.59. The molecule has 1 aliphatic heterocycles. The zero-order chi connectivity index (χ0) is 22.1. The molecule has 0 unspecified atom stereocenters. The summed E-state index contributed by atoms with van der Waals surface area (Å²) in [5, 5.41) is 3.33. The van der Waals surface area contributed by atoms with E-state index in [1.165, 1.54) is 0 Å². The second-order valence-electron chi connectivity index (χ2n) is 7.85. The Morgan fingerprint density at radius 2 is 1.80 bits per heavy atom. The SMILES string of the molecule is CCNC(=NCc1ccc(N(C)C)cc1)N1CCN(S(=O)(=O)CCOC(C)C)CC1. The predicted molar refractivity (Wildman–Crippen MR) is 124 cm³/mol. The fourth-order valence-electron chi connectivity index (χ4n) is 3.19. The molecule has 1 fully saturated rings. The van der Waals surface area contributed by atoms with E-state index in [-0.39, 0.29) is 18.5 Å². The van der Waals surface area contributed by atoms with Crippen LogP contribution in [0.25, 0.3) is 0 Å². The summed E-state index contributed by atoms with van der Waals surface area (Å²) in [7, 11) is 0.753. The van der Waals surface area contributed by atoms with Crippen LogP contribution in [0.5, 0.6) is 0 Å². The summed E-state index contributed by atoms with van der Waals surface area (Å²) in [5.74, 6) is 0.858. The lowest BCUT2D eigenvalue weighted by Gasteiger charge is -2.36. The number of anilines is 1. The van der Waals surface area contributed by atoms with Crippen LogP contribution in [0.1, 0.15) is 26.3 Å². The Hall–Kier alpha value is -1.84. The van der Waals surface area contributed by atoms with E-state index in [2.05, 4.69) is 39.4 Å². The van der Waals surface area contributed by atoms with Crippen LogP contribution in [-0.2, 0) is 21.3 Å². The molecule has 0 bridgehead atoms. The number of aliphatic imine (C=N–C) groups is 1. The highest BCUT2D eigenvalue weighted by molar-refractivity contribution is 7.89. The maximum absolute atomic E-state index is 12.5. The number of nitrogens with zero attached hydrogens (tertiary/aromatic N) is 4. The molecule has 1 aliphatic rings. The van der Waals surface area contributed by atoms with Gasteiger partial charge in [0.2, 0.25) is 10.0 Å². The van der Waals surface area contributed by atoms with Crippen LogP contribution in [0.4, 0.5) is 5.69 Å². The first-order chi connectivity index (χ1) is 14.2. The number of piperazine rings is 1. The van der Waals surface area contributed by atoms with E-state index in [0.29, 0.717) is 32.7 Å². The van der Waals surface area contributed by atoms with Crippen molar-refractivity contribution in [2.45, 2.75) is 33.4 Å². The van der Waals surface area contributed by atoms with Crippen molar-refractivity contribution in [2.75, 3.05) is 64.1 Å². The number of guanidine groups is 1. The monoisotopic (exact) mass is 439 g/mol. The largest absolute Gasteiger partial charge is 0.378 e. The maximum atomic E-state index is 12.5. The summed E-state index contributed by atoms with van der Waals surface area (Å²) in [6, 6.07) is 8.35. The van der Waals surface area contributed by atoms with Crippen molar-refractivity contribution in [3.8, 4) is 0 Å². The molecule has 1 N–H and O–H groups in total. The van der Waals surface area contributed by atoms with E-state index in [9.17, 15) is 8.42 Å². The first-order valence-electron chi connectivity index (χ1n) is 10.6. The van der Waals surface area contributed by atoms with Crippen molar-refractivity contribution in [3.63, 3.8) is 0 Å². The molecule has 0 spiro atoms. The number of hydrogen-bond donors (Lipinski definition) is 1. The van der Waals surface area contributed by atoms with E-state index >= 15 is 0 Å². The quantitative estimate of drug-likeness (QED) is 0.465. The molecule has 0 atom stereocenters. The molecular formula is C21H37N5O3S. The molecule has 9 heteroatoms. The highest BCUT2D eigenvalue weighted by atomic mass is 32.2.